The van der Waals surface area contributed by atoms with Gasteiger partial charge in [0.2, 0.25) is 0 Å². The lowest BCUT2D eigenvalue weighted by atomic mass is 10.1. The second-order valence-electron chi connectivity index (χ2n) is 7.60. The van der Waals surface area contributed by atoms with E-state index < -0.39 is 8.07 Å². The molecule has 0 amide bonds. The summed E-state index contributed by atoms with van der Waals surface area (Å²) in [6, 6.07) is 21.8. The number of hydrogen-bond acceptors (Lipinski definition) is 2. The van der Waals surface area contributed by atoms with Crippen molar-refractivity contribution in [3.8, 4) is 0 Å². The van der Waals surface area contributed by atoms with E-state index in [-0.39, 0.29) is 0 Å². The molecular weight excluding hydrogens is 374 g/mol. The lowest BCUT2D eigenvalue weighted by molar-refractivity contribution is 0.247. The van der Waals surface area contributed by atoms with E-state index in [9.17, 15) is 0 Å². The molecule has 4 heteroatoms. The molecule has 0 saturated carbocycles. The standard InChI is InChI=1S/C22H24ClNSSi/c1-26(2,19-9-4-3-5-10-19)22-14-18-16-24(13-12-21(18)25-22)15-17-8-6-7-11-20(17)23/h3-11,14H,12-13,15-16H2,1-2H3. The van der Waals surface area contributed by atoms with Gasteiger partial charge in [-0.1, -0.05) is 78.4 Å². The van der Waals surface area contributed by atoms with E-state index in [0.29, 0.717) is 0 Å². The Morgan fingerprint density at radius 1 is 1.04 bits per heavy atom. The summed E-state index contributed by atoms with van der Waals surface area (Å²) in [6.07, 6.45) is 1.16. The lowest BCUT2D eigenvalue weighted by Gasteiger charge is -2.27. The van der Waals surface area contributed by atoms with Gasteiger partial charge in [0.1, 0.15) is 8.07 Å². The number of hydrogen-bond donors (Lipinski definition) is 0. The maximum Gasteiger partial charge on any atom is 0.124 e. The number of halogens is 1. The van der Waals surface area contributed by atoms with Crippen LogP contribution in [0.15, 0.2) is 60.7 Å². The van der Waals surface area contributed by atoms with Crippen LogP contribution in [0.2, 0.25) is 18.1 Å². The van der Waals surface area contributed by atoms with Crippen molar-refractivity contribution in [1.29, 1.82) is 0 Å². The summed E-state index contributed by atoms with van der Waals surface area (Å²) >= 11 is 8.41. The molecule has 1 aliphatic rings. The number of rotatable bonds is 4. The third-order valence-electron chi connectivity index (χ3n) is 5.41. The number of nitrogens with zero attached hydrogens (tertiary/aromatic N) is 1. The first kappa shape index (κ1) is 18.0. The highest BCUT2D eigenvalue weighted by Crippen LogP contribution is 2.27. The third-order valence-corrected chi connectivity index (χ3v) is 11.8. The summed E-state index contributed by atoms with van der Waals surface area (Å²) in [5, 5.41) is 2.40. The maximum absolute atomic E-state index is 6.36. The van der Waals surface area contributed by atoms with Gasteiger partial charge in [0.25, 0.3) is 0 Å². The van der Waals surface area contributed by atoms with Crippen LogP contribution in [0.25, 0.3) is 0 Å². The SMILES string of the molecule is C[Si](C)(c1ccccc1)c1cc2c(s1)CCN(Cc1ccccc1Cl)C2. The van der Waals surface area contributed by atoms with Crippen molar-refractivity contribution >= 4 is 40.7 Å². The molecule has 0 fully saturated rings. The fourth-order valence-electron chi connectivity index (χ4n) is 3.70. The lowest BCUT2D eigenvalue weighted by Crippen LogP contribution is -2.51. The van der Waals surface area contributed by atoms with Crippen LogP contribution in [0, 0.1) is 0 Å². The van der Waals surface area contributed by atoms with Crippen LogP contribution in [0.5, 0.6) is 0 Å². The molecule has 1 aliphatic heterocycles. The van der Waals surface area contributed by atoms with Gasteiger partial charge in [0.15, 0.2) is 0 Å². The zero-order valence-electron chi connectivity index (χ0n) is 15.3. The predicted molar refractivity (Wildman–Crippen MR) is 117 cm³/mol. The molecule has 3 aromatic rings. The largest absolute Gasteiger partial charge is 0.294 e. The van der Waals surface area contributed by atoms with Crippen LogP contribution in [0.3, 0.4) is 0 Å². The summed E-state index contributed by atoms with van der Waals surface area (Å²) in [4.78, 5) is 4.11. The van der Waals surface area contributed by atoms with Crippen molar-refractivity contribution in [2.75, 3.05) is 6.54 Å². The number of thiophene rings is 1. The minimum atomic E-state index is -1.60. The van der Waals surface area contributed by atoms with Gasteiger partial charge < -0.3 is 0 Å². The average Bonchev–Trinajstić information content (AvgIpc) is 3.09. The second-order valence-corrected chi connectivity index (χ2v) is 13.9. The number of fused-ring (bicyclic) bond motifs is 1. The molecule has 2 aromatic carbocycles. The molecule has 134 valence electrons. The first-order chi connectivity index (χ1) is 12.5. The quantitative estimate of drug-likeness (QED) is 0.572. The van der Waals surface area contributed by atoms with Crippen LogP contribution < -0.4 is 9.69 Å². The van der Waals surface area contributed by atoms with Gasteiger partial charge >= 0.3 is 0 Å². The van der Waals surface area contributed by atoms with Gasteiger partial charge in [-0.2, -0.15) is 0 Å². The monoisotopic (exact) mass is 397 g/mol. The van der Waals surface area contributed by atoms with E-state index in [2.05, 4.69) is 77.9 Å². The van der Waals surface area contributed by atoms with Crippen LogP contribution in [0.4, 0.5) is 0 Å². The fourth-order valence-corrected chi connectivity index (χ4v) is 8.40. The van der Waals surface area contributed by atoms with Crippen molar-refractivity contribution in [1.82, 2.24) is 4.90 Å². The smallest absolute Gasteiger partial charge is 0.124 e. The molecule has 0 radical (unpaired) electrons. The highest BCUT2D eigenvalue weighted by atomic mass is 35.5. The Morgan fingerprint density at radius 3 is 2.54 bits per heavy atom. The Labute approximate surface area is 166 Å². The fraction of sp³-hybridized carbons (Fsp3) is 0.273. The topological polar surface area (TPSA) is 3.24 Å². The molecule has 0 unspecified atom stereocenters. The summed E-state index contributed by atoms with van der Waals surface area (Å²) in [5.74, 6) is 0. The minimum Gasteiger partial charge on any atom is -0.294 e. The van der Waals surface area contributed by atoms with E-state index >= 15 is 0 Å². The van der Waals surface area contributed by atoms with Gasteiger partial charge in [0, 0.05) is 29.5 Å². The highest BCUT2D eigenvalue weighted by molar-refractivity contribution is 7.29. The van der Waals surface area contributed by atoms with Crippen molar-refractivity contribution in [3.63, 3.8) is 0 Å². The molecule has 2 heterocycles. The van der Waals surface area contributed by atoms with Gasteiger partial charge in [-0.15, -0.1) is 11.3 Å². The summed E-state index contributed by atoms with van der Waals surface area (Å²) in [5.41, 5.74) is 2.76. The van der Waals surface area contributed by atoms with E-state index in [1.54, 1.807) is 9.38 Å². The molecule has 0 N–H and O–H groups in total. The normalized spacial score (nSPS) is 15.0. The number of benzene rings is 2. The van der Waals surface area contributed by atoms with Gasteiger partial charge in [-0.05, 0) is 34.2 Å². The molecule has 26 heavy (non-hydrogen) atoms. The molecular formula is C22H24ClNSSi. The zero-order valence-corrected chi connectivity index (χ0v) is 17.9. The average molecular weight is 398 g/mol. The Bertz CT molecular complexity index is 904. The molecule has 1 aromatic heterocycles. The van der Waals surface area contributed by atoms with Gasteiger partial charge in [0.05, 0.1) is 0 Å². The molecule has 0 aliphatic carbocycles. The molecule has 0 atom stereocenters. The van der Waals surface area contributed by atoms with E-state index in [1.807, 2.05) is 12.1 Å². The second kappa shape index (κ2) is 7.32. The Kier molecular flexibility index (Phi) is 5.06. The predicted octanol–water partition coefficient (Wildman–Crippen LogP) is 4.78. The molecule has 1 nitrogen and oxygen atoms in total. The van der Waals surface area contributed by atoms with Crippen molar-refractivity contribution in [2.45, 2.75) is 32.6 Å². The Hall–Kier alpha value is -1.39. The van der Waals surface area contributed by atoms with Gasteiger partial charge in [-0.3, -0.25) is 4.90 Å². The van der Waals surface area contributed by atoms with Gasteiger partial charge in [-0.25, -0.2) is 0 Å². The summed E-state index contributed by atoms with van der Waals surface area (Å²) in [7, 11) is -1.60. The van der Waals surface area contributed by atoms with Crippen LogP contribution in [-0.4, -0.2) is 19.5 Å². The van der Waals surface area contributed by atoms with Crippen molar-refractivity contribution in [3.05, 3.63) is 81.7 Å². The maximum atomic E-state index is 6.36. The summed E-state index contributed by atoms with van der Waals surface area (Å²) in [6.45, 7) is 8.04. The highest BCUT2D eigenvalue weighted by Gasteiger charge is 2.30. The van der Waals surface area contributed by atoms with E-state index in [4.69, 9.17) is 11.6 Å². The molecule has 0 spiro atoms. The first-order valence-corrected chi connectivity index (χ1v) is 13.4. The van der Waals surface area contributed by atoms with E-state index in [1.165, 1.54) is 16.3 Å². The molecule has 0 saturated heterocycles. The molecule has 0 bridgehead atoms. The van der Waals surface area contributed by atoms with Crippen molar-refractivity contribution < 1.29 is 0 Å². The molecule has 4 rings (SSSR count). The van der Waals surface area contributed by atoms with Crippen LogP contribution in [0.1, 0.15) is 16.0 Å². The van der Waals surface area contributed by atoms with E-state index in [0.717, 1.165) is 31.1 Å². The Balaban J connectivity index is 1.55. The zero-order chi connectivity index (χ0) is 18.1. The minimum absolute atomic E-state index is 0.877. The van der Waals surface area contributed by atoms with Crippen LogP contribution >= 0.6 is 22.9 Å². The summed E-state index contributed by atoms with van der Waals surface area (Å²) < 4.78 is 1.60. The van der Waals surface area contributed by atoms with Crippen molar-refractivity contribution in [2.24, 2.45) is 0 Å². The Morgan fingerprint density at radius 2 is 1.77 bits per heavy atom. The first-order valence-electron chi connectivity index (χ1n) is 9.17. The van der Waals surface area contributed by atoms with Crippen LogP contribution in [-0.2, 0) is 19.5 Å². The third kappa shape index (κ3) is 3.54.